The summed E-state index contributed by atoms with van der Waals surface area (Å²) in [5, 5.41) is 0. The molecule has 1 rings (SSSR count). The van der Waals surface area contributed by atoms with Crippen LogP contribution in [0.4, 0.5) is 0 Å². The van der Waals surface area contributed by atoms with Crippen molar-refractivity contribution < 1.29 is 9.47 Å². The molecule has 0 atom stereocenters. The van der Waals surface area contributed by atoms with Crippen molar-refractivity contribution in [1.29, 1.82) is 0 Å². The van der Waals surface area contributed by atoms with Crippen LogP contribution in [0, 0.1) is 11.3 Å². The van der Waals surface area contributed by atoms with E-state index in [0.717, 1.165) is 32.2 Å². The molecule has 1 fully saturated rings. The second-order valence-electron chi connectivity index (χ2n) is 5.74. The second-order valence-corrected chi connectivity index (χ2v) is 6.06. The fourth-order valence-electron chi connectivity index (χ4n) is 2.38. The van der Waals surface area contributed by atoms with Crippen molar-refractivity contribution in [3.05, 3.63) is 0 Å². The fourth-order valence-corrected chi connectivity index (χ4v) is 2.78. The van der Waals surface area contributed by atoms with Gasteiger partial charge in [-0.25, -0.2) is 0 Å². The summed E-state index contributed by atoms with van der Waals surface area (Å²) in [5.74, 6) is 1.57. The molecule has 1 aliphatic carbocycles. The minimum Gasteiger partial charge on any atom is -0.379 e. The maximum absolute atomic E-state index is 5.78. The highest BCUT2D eigenvalue weighted by Gasteiger charge is 2.30. The maximum Gasteiger partial charge on any atom is 0.0700 e. The van der Waals surface area contributed by atoms with E-state index in [-0.39, 0.29) is 0 Å². The molecule has 0 aliphatic heterocycles. The first kappa shape index (κ1) is 15.3. The molecule has 0 aromatic rings. The van der Waals surface area contributed by atoms with Crippen LogP contribution in [0.15, 0.2) is 0 Å². The van der Waals surface area contributed by atoms with Gasteiger partial charge in [-0.05, 0) is 24.5 Å². The summed E-state index contributed by atoms with van der Waals surface area (Å²) in [5.41, 5.74) is 0.347. The molecule has 0 aromatic heterocycles. The van der Waals surface area contributed by atoms with E-state index in [4.69, 9.17) is 9.47 Å². The van der Waals surface area contributed by atoms with Crippen molar-refractivity contribution in [3.63, 3.8) is 0 Å². The molecule has 0 spiro atoms. The van der Waals surface area contributed by atoms with E-state index in [1.165, 1.54) is 32.1 Å². The van der Waals surface area contributed by atoms with Gasteiger partial charge < -0.3 is 9.47 Å². The molecular weight excluding hydrogens is 232 g/mol. The third-order valence-corrected chi connectivity index (χ3v) is 4.15. The van der Waals surface area contributed by atoms with Crippen molar-refractivity contribution in [2.24, 2.45) is 11.3 Å². The zero-order valence-corrected chi connectivity index (χ0v) is 12.3. The molecule has 17 heavy (non-hydrogen) atoms. The highest BCUT2D eigenvalue weighted by molar-refractivity contribution is 7.80. The molecule has 1 aliphatic rings. The molecule has 0 radical (unpaired) electrons. The smallest absolute Gasteiger partial charge is 0.0700 e. The molecule has 0 amide bonds. The lowest BCUT2D eigenvalue weighted by atomic mass is 9.76. The Morgan fingerprint density at radius 2 is 1.71 bits per heavy atom. The zero-order valence-electron chi connectivity index (χ0n) is 11.4. The third kappa shape index (κ3) is 6.12. The predicted molar refractivity (Wildman–Crippen MR) is 75.8 cm³/mol. The highest BCUT2D eigenvalue weighted by Crippen LogP contribution is 2.37. The average Bonchev–Trinajstić information content (AvgIpc) is 2.34. The van der Waals surface area contributed by atoms with Gasteiger partial charge in [0, 0.05) is 12.0 Å². The zero-order chi connectivity index (χ0) is 12.6. The lowest BCUT2D eigenvalue weighted by Crippen LogP contribution is -2.32. The topological polar surface area (TPSA) is 18.5 Å². The van der Waals surface area contributed by atoms with Gasteiger partial charge in [-0.1, -0.05) is 33.1 Å². The summed E-state index contributed by atoms with van der Waals surface area (Å²) < 4.78 is 11.3. The van der Waals surface area contributed by atoms with Gasteiger partial charge in [-0.15, -0.1) is 0 Å². The average molecular weight is 260 g/mol. The largest absolute Gasteiger partial charge is 0.379 e. The van der Waals surface area contributed by atoms with Crippen LogP contribution >= 0.6 is 12.6 Å². The van der Waals surface area contributed by atoms with E-state index in [0.29, 0.717) is 11.3 Å². The molecular formula is C14H28O2S. The lowest BCUT2D eigenvalue weighted by molar-refractivity contribution is -0.00459. The van der Waals surface area contributed by atoms with E-state index >= 15 is 0 Å². The molecule has 1 saturated carbocycles. The normalized spacial score (nSPS) is 19.8. The Bertz CT molecular complexity index is 189. The van der Waals surface area contributed by atoms with Gasteiger partial charge in [0.25, 0.3) is 0 Å². The van der Waals surface area contributed by atoms with Crippen LogP contribution < -0.4 is 0 Å². The molecule has 0 aromatic carbocycles. The SMILES string of the molecule is CC(C)COCCOCC1(CS)CCCCC1. The Labute approximate surface area is 112 Å². The Morgan fingerprint density at radius 1 is 1.06 bits per heavy atom. The quantitative estimate of drug-likeness (QED) is 0.531. The van der Waals surface area contributed by atoms with Gasteiger partial charge in [-0.2, -0.15) is 12.6 Å². The van der Waals surface area contributed by atoms with Gasteiger partial charge in [-0.3, -0.25) is 0 Å². The molecule has 0 unspecified atom stereocenters. The van der Waals surface area contributed by atoms with Gasteiger partial charge in [0.2, 0.25) is 0 Å². The summed E-state index contributed by atoms with van der Waals surface area (Å²) in [6.45, 7) is 7.48. The van der Waals surface area contributed by atoms with Crippen molar-refractivity contribution >= 4 is 12.6 Å². The first-order chi connectivity index (χ1) is 8.18. The van der Waals surface area contributed by atoms with Gasteiger partial charge in [0.05, 0.1) is 19.8 Å². The summed E-state index contributed by atoms with van der Waals surface area (Å²) >= 11 is 4.51. The predicted octanol–water partition coefficient (Wildman–Crippen LogP) is 3.56. The van der Waals surface area contributed by atoms with Crippen LogP contribution in [-0.4, -0.2) is 32.2 Å². The molecule has 102 valence electrons. The molecule has 0 N–H and O–H groups in total. The Morgan fingerprint density at radius 3 is 2.29 bits per heavy atom. The Kier molecular flexibility index (Phi) is 7.56. The van der Waals surface area contributed by atoms with Crippen LogP contribution in [0.3, 0.4) is 0 Å². The lowest BCUT2D eigenvalue weighted by Gasteiger charge is -2.35. The minimum absolute atomic E-state index is 0.347. The third-order valence-electron chi connectivity index (χ3n) is 3.48. The van der Waals surface area contributed by atoms with Gasteiger partial charge in [0.1, 0.15) is 0 Å². The highest BCUT2D eigenvalue weighted by atomic mass is 32.1. The van der Waals surface area contributed by atoms with E-state index in [9.17, 15) is 0 Å². The van der Waals surface area contributed by atoms with Crippen LogP contribution in [0.1, 0.15) is 46.0 Å². The first-order valence-electron chi connectivity index (χ1n) is 6.95. The second kappa shape index (κ2) is 8.39. The van der Waals surface area contributed by atoms with E-state index in [2.05, 4.69) is 26.5 Å². The van der Waals surface area contributed by atoms with Crippen molar-refractivity contribution in [3.8, 4) is 0 Å². The molecule has 2 nitrogen and oxygen atoms in total. The van der Waals surface area contributed by atoms with Crippen LogP contribution in [0.2, 0.25) is 0 Å². The van der Waals surface area contributed by atoms with Gasteiger partial charge in [0.15, 0.2) is 0 Å². The molecule has 0 bridgehead atoms. The van der Waals surface area contributed by atoms with E-state index < -0.39 is 0 Å². The summed E-state index contributed by atoms with van der Waals surface area (Å²) in [4.78, 5) is 0. The van der Waals surface area contributed by atoms with Crippen molar-refractivity contribution in [1.82, 2.24) is 0 Å². The molecule has 3 heteroatoms. The molecule has 0 saturated heterocycles. The summed E-state index contributed by atoms with van der Waals surface area (Å²) in [7, 11) is 0. The summed E-state index contributed by atoms with van der Waals surface area (Å²) in [6.07, 6.45) is 6.63. The van der Waals surface area contributed by atoms with Crippen molar-refractivity contribution in [2.75, 3.05) is 32.2 Å². The number of hydrogen-bond donors (Lipinski definition) is 1. The van der Waals surface area contributed by atoms with E-state index in [1.807, 2.05) is 0 Å². The van der Waals surface area contributed by atoms with E-state index in [1.54, 1.807) is 0 Å². The van der Waals surface area contributed by atoms with Crippen LogP contribution in [0.25, 0.3) is 0 Å². The first-order valence-corrected chi connectivity index (χ1v) is 7.58. The minimum atomic E-state index is 0.347. The summed E-state index contributed by atoms with van der Waals surface area (Å²) in [6, 6.07) is 0. The number of hydrogen-bond acceptors (Lipinski definition) is 3. The number of thiol groups is 1. The standard InChI is InChI=1S/C14H28O2S/c1-13(2)10-15-8-9-16-11-14(12-17)6-4-3-5-7-14/h13,17H,3-12H2,1-2H3. The fraction of sp³-hybridized carbons (Fsp3) is 1.00. The van der Waals surface area contributed by atoms with Crippen LogP contribution in [-0.2, 0) is 9.47 Å². The number of rotatable bonds is 8. The Balaban J connectivity index is 2.07. The van der Waals surface area contributed by atoms with Crippen LogP contribution in [0.5, 0.6) is 0 Å². The maximum atomic E-state index is 5.78. The van der Waals surface area contributed by atoms with Crippen molar-refractivity contribution in [2.45, 2.75) is 46.0 Å². The Hall–Kier alpha value is 0.270. The monoisotopic (exact) mass is 260 g/mol. The van der Waals surface area contributed by atoms with Gasteiger partial charge >= 0.3 is 0 Å². The molecule has 0 heterocycles. The number of ether oxygens (including phenoxy) is 2.